The molecule has 0 heterocycles. The van der Waals surface area contributed by atoms with E-state index in [1.165, 1.54) is 6.26 Å². The van der Waals surface area contributed by atoms with Crippen LogP contribution in [0.25, 0.3) is 0 Å². The van der Waals surface area contributed by atoms with E-state index in [0.29, 0.717) is 0 Å². The normalized spacial score (nSPS) is 22.6. The van der Waals surface area contributed by atoms with Crippen LogP contribution >= 0.6 is 0 Å². The average Bonchev–Trinajstić information content (AvgIpc) is 2.15. The number of aliphatic hydroxyl groups is 1. The molecule has 1 aliphatic rings. The molecule has 4 heteroatoms. The quantitative estimate of drug-likeness (QED) is 0.726. The van der Waals surface area contributed by atoms with Crippen LogP contribution in [0, 0.1) is 0 Å². The summed E-state index contributed by atoms with van der Waals surface area (Å²) in [6, 6.07) is 0. The Morgan fingerprint density at radius 3 is 2.50 bits per heavy atom. The molecule has 0 saturated heterocycles. The van der Waals surface area contributed by atoms with Gasteiger partial charge in [-0.15, -0.1) is 0 Å². The molecular formula is C10H18O3S. The summed E-state index contributed by atoms with van der Waals surface area (Å²) >= 11 is 0. The molecule has 0 spiro atoms. The number of sulfone groups is 1. The second-order valence-corrected chi connectivity index (χ2v) is 6.41. The Bertz CT molecular complexity index is 316. The van der Waals surface area contributed by atoms with Gasteiger partial charge in [0.25, 0.3) is 0 Å². The van der Waals surface area contributed by atoms with Crippen molar-refractivity contribution in [3.63, 3.8) is 0 Å². The Hall–Kier alpha value is -0.350. The van der Waals surface area contributed by atoms with Gasteiger partial charge in [-0.1, -0.05) is 6.08 Å². The van der Waals surface area contributed by atoms with Gasteiger partial charge in [-0.05, 0) is 38.2 Å². The molecule has 1 N–H and O–H groups in total. The van der Waals surface area contributed by atoms with E-state index < -0.39 is 21.2 Å². The van der Waals surface area contributed by atoms with E-state index in [2.05, 4.69) is 0 Å². The number of allylic oxidation sites excluding steroid dienone is 1. The Kier molecular flexibility index (Phi) is 3.72. The highest BCUT2D eigenvalue weighted by molar-refractivity contribution is 7.91. The topological polar surface area (TPSA) is 54.4 Å². The molecule has 2 unspecified atom stereocenters. The van der Waals surface area contributed by atoms with Gasteiger partial charge in [-0.25, -0.2) is 8.42 Å². The average molecular weight is 218 g/mol. The molecule has 0 aromatic rings. The molecule has 1 rings (SSSR count). The minimum Gasteiger partial charge on any atom is -0.387 e. The zero-order chi connectivity index (χ0) is 10.8. The lowest BCUT2D eigenvalue weighted by Crippen LogP contribution is -2.32. The lowest BCUT2D eigenvalue weighted by Gasteiger charge is -2.22. The van der Waals surface area contributed by atoms with Gasteiger partial charge in [0.05, 0.1) is 11.4 Å². The standard InChI is InChI=1S/C10H18O3S/c1-8(14(2,12)13)10(11)9-6-4-3-5-7-9/h6,8,10-11H,3-5,7H2,1-2H3. The summed E-state index contributed by atoms with van der Waals surface area (Å²) in [4.78, 5) is 0. The van der Waals surface area contributed by atoms with Gasteiger partial charge < -0.3 is 5.11 Å². The van der Waals surface area contributed by atoms with Crippen molar-refractivity contribution in [1.29, 1.82) is 0 Å². The van der Waals surface area contributed by atoms with Crippen molar-refractivity contribution in [1.82, 2.24) is 0 Å². The maximum atomic E-state index is 11.2. The van der Waals surface area contributed by atoms with Gasteiger partial charge in [0.15, 0.2) is 9.84 Å². The van der Waals surface area contributed by atoms with Gasteiger partial charge in [0.1, 0.15) is 0 Å². The number of aliphatic hydroxyl groups excluding tert-OH is 1. The maximum Gasteiger partial charge on any atom is 0.152 e. The van der Waals surface area contributed by atoms with E-state index in [1.54, 1.807) is 6.92 Å². The number of hydrogen-bond acceptors (Lipinski definition) is 3. The predicted molar refractivity (Wildman–Crippen MR) is 56.9 cm³/mol. The van der Waals surface area contributed by atoms with Crippen molar-refractivity contribution in [3.8, 4) is 0 Å². The van der Waals surface area contributed by atoms with Crippen molar-refractivity contribution in [2.75, 3.05) is 6.26 Å². The van der Waals surface area contributed by atoms with Crippen molar-refractivity contribution in [3.05, 3.63) is 11.6 Å². The van der Waals surface area contributed by atoms with Gasteiger partial charge in [-0.2, -0.15) is 0 Å². The second-order valence-electron chi connectivity index (χ2n) is 4.00. The third kappa shape index (κ3) is 2.82. The van der Waals surface area contributed by atoms with Crippen molar-refractivity contribution in [2.45, 2.75) is 44.0 Å². The van der Waals surface area contributed by atoms with Crippen LogP contribution < -0.4 is 0 Å². The van der Waals surface area contributed by atoms with Crippen molar-refractivity contribution >= 4 is 9.84 Å². The van der Waals surface area contributed by atoms with E-state index in [4.69, 9.17) is 0 Å². The smallest absolute Gasteiger partial charge is 0.152 e. The van der Waals surface area contributed by atoms with Gasteiger partial charge in [0, 0.05) is 6.26 Å². The van der Waals surface area contributed by atoms with Crippen molar-refractivity contribution in [2.24, 2.45) is 0 Å². The largest absolute Gasteiger partial charge is 0.387 e. The van der Waals surface area contributed by atoms with Crippen LogP contribution in [0.15, 0.2) is 11.6 Å². The SMILES string of the molecule is CC(C(O)C1=CCCCC1)S(C)(=O)=O. The molecule has 3 nitrogen and oxygen atoms in total. The van der Waals surface area contributed by atoms with Crippen LogP contribution in [0.5, 0.6) is 0 Å². The first kappa shape index (κ1) is 11.7. The van der Waals surface area contributed by atoms with E-state index in [9.17, 15) is 13.5 Å². The zero-order valence-corrected chi connectivity index (χ0v) is 9.55. The molecule has 0 aromatic carbocycles. The minimum absolute atomic E-state index is 0.688. The fraction of sp³-hybridized carbons (Fsp3) is 0.800. The van der Waals surface area contributed by atoms with E-state index >= 15 is 0 Å². The summed E-state index contributed by atoms with van der Waals surface area (Å²) in [5, 5.41) is 9.14. The third-order valence-electron chi connectivity index (χ3n) is 2.83. The molecule has 1 aliphatic carbocycles. The fourth-order valence-corrected chi connectivity index (χ4v) is 2.31. The van der Waals surface area contributed by atoms with Crippen molar-refractivity contribution < 1.29 is 13.5 Å². The molecule has 2 atom stereocenters. The number of rotatable bonds is 3. The van der Waals surface area contributed by atoms with Crippen LogP contribution in [-0.2, 0) is 9.84 Å². The van der Waals surface area contributed by atoms with E-state index in [0.717, 1.165) is 31.3 Å². The first-order valence-electron chi connectivity index (χ1n) is 4.99. The summed E-state index contributed by atoms with van der Waals surface area (Å²) in [6.45, 7) is 1.56. The fourth-order valence-electron chi connectivity index (χ4n) is 1.67. The molecule has 0 bridgehead atoms. The van der Waals surface area contributed by atoms with Crippen LogP contribution in [0.4, 0.5) is 0 Å². The van der Waals surface area contributed by atoms with Crippen LogP contribution in [-0.4, -0.2) is 31.1 Å². The minimum atomic E-state index is -3.14. The summed E-state index contributed by atoms with van der Waals surface area (Å²) in [5.41, 5.74) is 0.897. The summed E-state index contributed by atoms with van der Waals surface area (Å²) < 4.78 is 22.5. The van der Waals surface area contributed by atoms with Gasteiger partial charge in [0.2, 0.25) is 0 Å². The van der Waals surface area contributed by atoms with Crippen LogP contribution in [0.3, 0.4) is 0 Å². The number of hydrogen-bond donors (Lipinski definition) is 1. The van der Waals surface area contributed by atoms with Gasteiger partial charge >= 0.3 is 0 Å². The molecule has 0 fully saturated rings. The highest BCUT2D eigenvalue weighted by atomic mass is 32.2. The zero-order valence-electron chi connectivity index (χ0n) is 8.73. The van der Waals surface area contributed by atoms with E-state index in [1.807, 2.05) is 6.08 Å². The maximum absolute atomic E-state index is 11.2. The monoisotopic (exact) mass is 218 g/mol. The summed E-state index contributed by atoms with van der Waals surface area (Å²) in [7, 11) is -3.14. The van der Waals surface area contributed by atoms with Crippen LogP contribution in [0.2, 0.25) is 0 Å². The van der Waals surface area contributed by atoms with Gasteiger partial charge in [-0.3, -0.25) is 0 Å². The molecular weight excluding hydrogens is 200 g/mol. The molecule has 0 radical (unpaired) electrons. The Labute approximate surface area is 85.7 Å². The highest BCUT2D eigenvalue weighted by Crippen LogP contribution is 2.23. The third-order valence-corrected chi connectivity index (χ3v) is 4.43. The molecule has 0 aromatic heterocycles. The second kappa shape index (κ2) is 4.45. The summed E-state index contributed by atoms with van der Waals surface area (Å²) in [5.74, 6) is 0. The van der Waals surface area contributed by atoms with E-state index in [-0.39, 0.29) is 0 Å². The summed E-state index contributed by atoms with van der Waals surface area (Å²) in [6.07, 6.45) is 6.33. The molecule has 14 heavy (non-hydrogen) atoms. The Morgan fingerprint density at radius 1 is 1.43 bits per heavy atom. The molecule has 0 aliphatic heterocycles. The predicted octanol–water partition coefficient (Wildman–Crippen LogP) is 1.28. The Morgan fingerprint density at radius 2 is 2.07 bits per heavy atom. The lowest BCUT2D eigenvalue weighted by atomic mass is 9.94. The lowest BCUT2D eigenvalue weighted by molar-refractivity contribution is 0.202. The first-order valence-corrected chi connectivity index (χ1v) is 6.94. The first-order chi connectivity index (χ1) is 6.43. The molecule has 0 amide bonds. The van der Waals surface area contributed by atoms with Crippen LogP contribution in [0.1, 0.15) is 32.6 Å². The molecule has 82 valence electrons. The highest BCUT2D eigenvalue weighted by Gasteiger charge is 2.27. The Balaban J connectivity index is 2.74. The molecule has 0 saturated carbocycles.